The highest BCUT2D eigenvalue weighted by molar-refractivity contribution is 6.33. The van der Waals surface area contributed by atoms with Crippen molar-refractivity contribution >= 4 is 23.3 Å². The predicted octanol–water partition coefficient (Wildman–Crippen LogP) is 2.72. The quantitative estimate of drug-likeness (QED) is 0.826. The van der Waals surface area contributed by atoms with E-state index < -0.39 is 5.82 Å². The number of halogens is 2. The molecule has 1 saturated heterocycles. The number of hydrogen-bond acceptors (Lipinski definition) is 4. The summed E-state index contributed by atoms with van der Waals surface area (Å²) in [4.78, 5) is 16.5. The van der Waals surface area contributed by atoms with Crippen LogP contribution < -0.4 is 4.90 Å². The number of hydrogen-bond donors (Lipinski definition) is 0. The van der Waals surface area contributed by atoms with Gasteiger partial charge in [-0.25, -0.2) is 4.39 Å². The molecule has 0 unspecified atom stereocenters. The fourth-order valence-electron chi connectivity index (χ4n) is 3.44. The van der Waals surface area contributed by atoms with Crippen LogP contribution in [0.5, 0.6) is 0 Å². The molecule has 2 aromatic rings. The molecular formula is C18H18ClFN4O. The molecule has 5 nitrogen and oxygen atoms in total. The number of amides is 1. The van der Waals surface area contributed by atoms with E-state index in [1.165, 1.54) is 23.8 Å². The van der Waals surface area contributed by atoms with Crippen molar-refractivity contribution in [2.75, 3.05) is 31.1 Å². The van der Waals surface area contributed by atoms with Crippen molar-refractivity contribution in [1.29, 1.82) is 0 Å². The Morgan fingerprint density at radius 2 is 1.88 bits per heavy atom. The molecule has 0 spiro atoms. The van der Waals surface area contributed by atoms with E-state index in [0.717, 1.165) is 30.8 Å². The van der Waals surface area contributed by atoms with Crippen molar-refractivity contribution in [3.8, 4) is 0 Å². The molecule has 0 saturated carbocycles. The molecule has 2 aliphatic rings. The van der Waals surface area contributed by atoms with Gasteiger partial charge in [0.05, 0.1) is 16.3 Å². The molecule has 1 aliphatic heterocycles. The number of piperazine rings is 1. The summed E-state index contributed by atoms with van der Waals surface area (Å²) in [5, 5.41) is 8.82. The van der Waals surface area contributed by atoms with Gasteiger partial charge in [0.25, 0.3) is 5.91 Å². The van der Waals surface area contributed by atoms with Gasteiger partial charge in [0.1, 0.15) is 5.82 Å². The maximum absolute atomic E-state index is 13.2. The van der Waals surface area contributed by atoms with Crippen molar-refractivity contribution in [3.05, 3.63) is 51.9 Å². The summed E-state index contributed by atoms with van der Waals surface area (Å²) < 4.78 is 13.2. The van der Waals surface area contributed by atoms with Crippen LogP contribution in [0.25, 0.3) is 0 Å². The number of carbonyl (C=O) groups is 1. The first-order chi connectivity index (χ1) is 12.1. The summed E-state index contributed by atoms with van der Waals surface area (Å²) in [5.74, 6) is 0.277. The zero-order valence-electron chi connectivity index (χ0n) is 13.7. The van der Waals surface area contributed by atoms with Crippen molar-refractivity contribution in [3.63, 3.8) is 0 Å². The highest BCUT2D eigenvalue weighted by Crippen LogP contribution is 2.24. The average Bonchev–Trinajstić information content (AvgIpc) is 3.09. The maximum atomic E-state index is 13.2. The van der Waals surface area contributed by atoms with E-state index in [1.807, 2.05) is 0 Å². The van der Waals surface area contributed by atoms with E-state index >= 15 is 0 Å². The Balaban J connectivity index is 1.43. The second-order valence-electron chi connectivity index (χ2n) is 6.43. The van der Waals surface area contributed by atoms with Gasteiger partial charge in [-0.05, 0) is 49.1 Å². The number of aromatic nitrogens is 2. The van der Waals surface area contributed by atoms with Crippen molar-refractivity contribution in [1.82, 2.24) is 15.1 Å². The van der Waals surface area contributed by atoms with Gasteiger partial charge in [0.2, 0.25) is 0 Å². The van der Waals surface area contributed by atoms with Crippen molar-refractivity contribution in [2.24, 2.45) is 0 Å². The molecule has 1 aromatic carbocycles. The molecule has 0 atom stereocenters. The van der Waals surface area contributed by atoms with Gasteiger partial charge in [0, 0.05) is 26.2 Å². The first-order valence-electron chi connectivity index (χ1n) is 8.46. The van der Waals surface area contributed by atoms with Gasteiger partial charge in [-0.15, -0.1) is 5.10 Å². The standard InChI is InChI=1S/C18H18ClFN4O/c19-15-11-13(20)4-5-14(15)18(25)24-8-6-23(7-9-24)17-10-12-2-1-3-16(12)21-22-17/h4-5,10-11H,1-3,6-9H2. The van der Waals surface area contributed by atoms with Gasteiger partial charge in [-0.1, -0.05) is 11.6 Å². The molecule has 7 heteroatoms. The van der Waals surface area contributed by atoms with E-state index in [-0.39, 0.29) is 10.9 Å². The third kappa shape index (κ3) is 3.18. The molecule has 25 heavy (non-hydrogen) atoms. The topological polar surface area (TPSA) is 49.3 Å². The molecule has 0 bridgehead atoms. The lowest BCUT2D eigenvalue weighted by molar-refractivity contribution is 0.0746. The van der Waals surface area contributed by atoms with Crippen LogP contribution in [0, 0.1) is 5.82 Å². The first kappa shape index (κ1) is 16.3. The summed E-state index contributed by atoms with van der Waals surface area (Å²) in [7, 11) is 0. The lowest BCUT2D eigenvalue weighted by Crippen LogP contribution is -2.49. The van der Waals surface area contributed by atoms with Crippen LogP contribution in [0.2, 0.25) is 5.02 Å². The normalized spacial score (nSPS) is 16.9. The van der Waals surface area contributed by atoms with E-state index in [2.05, 4.69) is 21.2 Å². The minimum absolute atomic E-state index is 0.150. The number of fused-ring (bicyclic) bond motifs is 1. The zero-order valence-corrected chi connectivity index (χ0v) is 14.5. The molecule has 1 aliphatic carbocycles. The Morgan fingerprint density at radius 3 is 2.64 bits per heavy atom. The van der Waals surface area contributed by atoms with Crippen LogP contribution in [0.4, 0.5) is 10.2 Å². The number of rotatable bonds is 2. The third-order valence-electron chi connectivity index (χ3n) is 4.86. The van der Waals surface area contributed by atoms with Crippen LogP contribution in [0.1, 0.15) is 28.0 Å². The van der Waals surface area contributed by atoms with Crippen LogP contribution in [0.3, 0.4) is 0 Å². The predicted molar refractivity (Wildman–Crippen MR) is 93.6 cm³/mol. The number of carbonyl (C=O) groups excluding carboxylic acids is 1. The minimum atomic E-state index is -0.443. The molecule has 0 radical (unpaired) electrons. The van der Waals surface area contributed by atoms with Crippen LogP contribution >= 0.6 is 11.6 Å². The Morgan fingerprint density at radius 1 is 1.08 bits per heavy atom. The van der Waals surface area contributed by atoms with Crippen LogP contribution in [0.15, 0.2) is 24.3 Å². The summed E-state index contributed by atoms with van der Waals surface area (Å²) in [6.07, 6.45) is 3.23. The minimum Gasteiger partial charge on any atom is -0.352 e. The van der Waals surface area contributed by atoms with E-state index in [9.17, 15) is 9.18 Å². The zero-order chi connectivity index (χ0) is 17.4. The molecule has 130 valence electrons. The summed E-state index contributed by atoms with van der Waals surface area (Å²) in [6, 6.07) is 6.00. The summed E-state index contributed by atoms with van der Waals surface area (Å²) in [5.41, 5.74) is 2.75. The van der Waals surface area contributed by atoms with Crippen LogP contribution in [-0.2, 0) is 12.8 Å². The fraction of sp³-hybridized carbons (Fsp3) is 0.389. The Bertz CT molecular complexity index is 821. The third-order valence-corrected chi connectivity index (χ3v) is 5.17. The summed E-state index contributed by atoms with van der Waals surface area (Å²) in [6.45, 7) is 2.53. The number of anilines is 1. The first-order valence-corrected chi connectivity index (χ1v) is 8.84. The fourth-order valence-corrected chi connectivity index (χ4v) is 3.69. The second kappa shape index (κ2) is 6.59. The Kier molecular flexibility index (Phi) is 4.29. The lowest BCUT2D eigenvalue weighted by atomic mass is 10.1. The number of aryl methyl sites for hydroxylation is 2. The number of nitrogens with zero attached hydrogens (tertiary/aromatic N) is 4. The van der Waals surface area contributed by atoms with Crippen molar-refractivity contribution < 1.29 is 9.18 Å². The average molecular weight is 361 g/mol. The molecule has 1 fully saturated rings. The van der Waals surface area contributed by atoms with Gasteiger partial charge in [-0.3, -0.25) is 4.79 Å². The van der Waals surface area contributed by atoms with E-state index in [4.69, 9.17) is 11.6 Å². The maximum Gasteiger partial charge on any atom is 0.255 e. The molecule has 1 aromatic heterocycles. The number of benzene rings is 1. The molecule has 4 rings (SSSR count). The lowest BCUT2D eigenvalue weighted by Gasteiger charge is -2.35. The highest BCUT2D eigenvalue weighted by atomic mass is 35.5. The smallest absolute Gasteiger partial charge is 0.255 e. The van der Waals surface area contributed by atoms with Gasteiger partial charge in [0.15, 0.2) is 5.82 Å². The largest absolute Gasteiger partial charge is 0.352 e. The van der Waals surface area contributed by atoms with E-state index in [0.29, 0.717) is 31.7 Å². The monoisotopic (exact) mass is 360 g/mol. The second-order valence-corrected chi connectivity index (χ2v) is 6.84. The Hall–Kier alpha value is -2.21. The van der Waals surface area contributed by atoms with E-state index in [1.54, 1.807) is 4.90 Å². The highest BCUT2D eigenvalue weighted by Gasteiger charge is 2.25. The van der Waals surface area contributed by atoms with Gasteiger partial charge < -0.3 is 9.80 Å². The summed E-state index contributed by atoms with van der Waals surface area (Å²) >= 11 is 6.01. The molecule has 1 amide bonds. The van der Waals surface area contributed by atoms with Crippen molar-refractivity contribution in [2.45, 2.75) is 19.3 Å². The molecule has 2 heterocycles. The van der Waals surface area contributed by atoms with Gasteiger partial charge in [-0.2, -0.15) is 5.10 Å². The SMILES string of the molecule is O=C(c1ccc(F)cc1Cl)N1CCN(c2cc3c(nn2)CCC3)CC1. The van der Waals surface area contributed by atoms with Gasteiger partial charge >= 0.3 is 0 Å². The molecule has 0 N–H and O–H groups in total. The van der Waals surface area contributed by atoms with Crippen LogP contribution in [-0.4, -0.2) is 47.2 Å². The Labute approximate surface area is 150 Å². The molecular weight excluding hydrogens is 343 g/mol.